The van der Waals surface area contributed by atoms with Crippen LogP contribution in [0.15, 0.2) is 47.3 Å². The van der Waals surface area contributed by atoms with Gasteiger partial charge in [0.2, 0.25) is 5.91 Å². The Morgan fingerprint density at radius 3 is 2.79 bits per heavy atom. The zero-order chi connectivity index (χ0) is 21.0. The van der Waals surface area contributed by atoms with E-state index in [2.05, 4.69) is 15.3 Å². The molecule has 0 aliphatic heterocycles. The lowest BCUT2D eigenvalue weighted by molar-refractivity contribution is -0.384. The molecule has 0 aliphatic rings. The first-order chi connectivity index (χ1) is 13.9. The Labute approximate surface area is 170 Å². The second-order valence-electron chi connectivity index (χ2n) is 6.30. The molecule has 0 fully saturated rings. The predicted molar refractivity (Wildman–Crippen MR) is 110 cm³/mol. The van der Waals surface area contributed by atoms with Gasteiger partial charge in [-0.2, -0.15) is 0 Å². The number of H-pyrrole nitrogens is 1. The summed E-state index contributed by atoms with van der Waals surface area (Å²) in [5, 5.41) is 14.2. The van der Waals surface area contributed by atoms with E-state index in [1.54, 1.807) is 29.2 Å². The van der Waals surface area contributed by atoms with E-state index in [-0.39, 0.29) is 35.0 Å². The van der Waals surface area contributed by atoms with Crippen LogP contribution in [0.1, 0.15) is 12.7 Å². The SMILES string of the molecule is CCN(CC(=O)Nc1cc([N+](=O)[O-])ccc1Cl)Cc1nc2ccccc2c(=O)[nH]1. The maximum atomic E-state index is 12.4. The molecule has 0 radical (unpaired) electrons. The summed E-state index contributed by atoms with van der Waals surface area (Å²) in [6.45, 7) is 2.64. The van der Waals surface area contributed by atoms with Gasteiger partial charge >= 0.3 is 0 Å². The van der Waals surface area contributed by atoms with E-state index in [9.17, 15) is 19.7 Å². The highest BCUT2D eigenvalue weighted by Gasteiger charge is 2.15. The lowest BCUT2D eigenvalue weighted by Gasteiger charge is -2.19. The van der Waals surface area contributed by atoms with E-state index >= 15 is 0 Å². The minimum absolute atomic E-state index is 0.00788. The normalized spacial score (nSPS) is 11.0. The van der Waals surface area contributed by atoms with Gasteiger partial charge in [0, 0.05) is 12.1 Å². The van der Waals surface area contributed by atoms with Crippen molar-refractivity contribution in [1.29, 1.82) is 0 Å². The van der Waals surface area contributed by atoms with Crippen LogP contribution in [0, 0.1) is 10.1 Å². The van der Waals surface area contributed by atoms with E-state index < -0.39 is 10.8 Å². The first kappa shape index (κ1) is 20.4. The molecular weight excluding hydrogens is 398 g/mol. The van der Waals surface area contributed by atoms with Gasteiger partial charge in [-0.1, -0.05) is 30.7 Å². The zero-order valence-electron chi connectivity index (χ0n) is 15.5. The average Bonchev–Trinajstić information content (AvgIpc) is 2.69. The molecule has 29 heavy (non-hydrogen) atoms. The van der Waals surface area contributed by atoms with E-state index in [1.165, 1.54) is 18.2 Å². The zero-order valence-corrected chi connectivity index (χ0v) is 16.3. The van der Waals surface area contributed by atoms with Crippen molar-refractivity contribution in [2.45, 2.75) is 13.5 Å². The first-order valence-electron chi connectivity index (χ1n) is 8.81. The number of nitro benzene ring substituents is 1. The number of rotatable bonds is 7. The average molecular weight is 416 g/mol. The Balaban J connectivity index is 1.72. The summed E-state index contributed by atoms with van der Waals surface area (Å²) in [7, 11) is 0. The molecule has 0 atom stereocenters. The molecule has 0 bridgehead atoms. The van der Waals surface area contributed by atoms with Gasteiger partial charge in [-0.3, -0.25) is 24.6 Å². The summed E-state index contributed by atoms with van der Waals surface area (Å²) in [6, 6.07) is 10.8. The summed E-state index contributed by atoms with van der Waals surface area (Å²) >= 11 is 6.02. The molecule has 0 spiro atoms. The number of non-ortho nitro benzene ring substituents is 1. The highest BCUT2D eigenvalue weighted by Crippen LogP contribution is 2.26. The van der Waals surface area contributed by atoms with Crippen molar-refractivity contribution < 1.29 is 9.72 Å². The van der Waals surface area contributed by atoms with Crippen molar-refractivity contribution in [2.75, 3.05) is 18.4 Å². The minimum Gasteiger partial charge on any atom is -0.323 e. The monoisotopic (exact) mass is 415 g/mol. The number of nitrogens with zero attached hydrogens (tertiary/aromatic N) is 3. The number of hydrogen-bond donors (Lipinski definition) is 2. The van der Waals surface area contributed by atoms with Gasteiger partial charge in [-0.05, 0) is 24.7 Å². The second-order valence-corrected chi connectivity index (χ2v) is 6.71. The van der Waals surface area contributed by atoms with Gasteiger partial charge in [-0.15, -0.1) is 0 Å². The van der Waals surface area contributed by atoms with Gasteiger partial charge < -0.3 is 10.3 Å². The number of halogens is 1. The number of amides is 1. The van der Waals surface area contributed by atoms with Crippen LogP contribution in [0.2, 0.25) is 5.02 Å². The van der Waals surface area contributed by atoms with E-state index in [0.717, 1.165) is 0 Å². The van der Waals surface area contributed by atoms with Crippen LogP contribution in [0.3, 0.4) is 0 Å². The molecule has 3 aromatic rings. The molecule has 2 N–H and O–H groups in total. The number of aromatic nitrogens is 2. The Morgan fingerprint density at radius 2 is 2.07 bits per heavy atom. The molecule has 0 saturated carbocycles. The Morgan fingerprint density at radius 1 is 1.31 bits per heavy atom. The number of anilines is 1. The summed E-state index contributed by atoms with van der Waals surface area (Å²) < 4.78 is 0. The van der Waals surface area contributed by atoms with Gasteiger partial charge in [0.1, 0.15) is 5.82 Å². The Hall–Kier alpha value is -3.30. The number of para-hydroxylation sites is 1. The molecule has 10 heteroatoms. The van der Waals surface area contributed by atoms with Crippen LogP contribution in [0.5, 0.6) is 0 Å². The first-order valence-corrected chi connectivity index (χ1v) is 9.19. The van der Waals surface area contributed by atoms with Crippen molar-refractivity contribution in [3.05, 3.63) is 73.8 Å². The van der Waals surface area contributed by atoms with Gasteiger partial charge in [-0.25, -0.2) is 4.98 Å². The highest BCUT2D eigenvalue weighted by molar-refractivity contribution is 6.33. The summed E-state index contributed by atoms with van der Waals surface area (Å²) in [6.07, 6.45) is 0. The number of likely N-dealkylation sites (N-methyl/N-ethyl adjacent to an activating group) is 1. The fraction of sp³-hybridized carbons (Fsp3) is 0.211. The van der Waals surface area contributed by atoms with E-state index in [1.807, 2.05) is 6.92 Å². The van der Waals surface area contributed by atoms with Crippen LogP contribution in [0.4, 0.5) is 11.4 Å². The second kappa shape index (κ2) is 8.80. The number of carbonyl (C=O) groups is 1. The van der Waals surface area contributed by atoms with E-state index in [0.29, 0.717) is 23.3 Å². The Kier molecular flexibility index (Phi) is 6.20. The molecule has 0 unspecified atom stereocenters. The van der Waals surface area contributed by atoms with Crippen LogP contribution in [0.25, 0.3) is 10.9 Å². The third-order valence-corrected chi connectivity index (χ3v) is 4.61. The van der Waals surface area contributed by atoms with Gasteiger partial charge in [0.25, 0.3) is 11.2 Å². The van der Waals surface area contributed by atoms with Crippen molar-refractivity contribution in [2.24, 2.45) is 0 Å². The smallest absolute Gasteiger partial charge is 0.271 e. The van der Waals surface area contributed by atoms with Crippen molar-refractivity contribution in [3.63, 3.8) is 0 Å². The highest BCUT2D eigenvalue weighted by atomic mass is 35.5. The topological polar surface area (TPSA) is 121 Å². The number of hydrogen-bond acceptors (Lipinski definition) is 6. The summed E-state index contributed by atoms with van der Waals surface area (Å²) in [5.41, 5.74) is 0.332. The fourth-order valence-electron chi connectivity index (χ4n) is 2.82. The van der Waals surface area contributed by atoms with Crippen LogP contribution >= 0.6 is 11.6 Å². The number of carbonyl (C=O) groups excluding carboxylic acids is 1. The number of nitro groups is 1. The number of fused-ring (bicyclic) bond motifs is 1. The third-order valence-electron chi connectivity index (χ3n) is 4.28. The lowest BCUT2D eigenvalue weighted by atomic mass is 10.2. The predicted octanol–water partition coefficient (Wildman–Crippen LogP) is 2.95. The fourth-order valence-corrected chi connectivity index (χ4v) is 2.98. The van der Waals surface area contributed by atoms with E-state index in [4.69, 9.17) is 11.6 Å². The molecule has 9 nitrogen and oxygen atoms in total. The van der Waals surface area contributed by atoms with Crippen LogP contribution < -0.4 is 10.9 Å². The lowest BCUT2D eigenvalue weighted by Crippen LogP contribution is -2.34. The van der Waals surface area contributed by atoms with Crippen molar-refractivity contribution in [1.82, 2.24) is 14.9 Å². The van der Waals surface area contributed by atoms with Crippen LogP contribution in [-0.4, -0.2) is 38.8 Å². The van der Waals surface area contributed by atoms with Crippen molar-refractivity contribution in [3.8, 4) is 0 Å². The van der Waals surface area contributed by atoms with Crippen LogP contribution in [-0.2, 0) is 11.3 Å². The quantitative estimate of drug-likeness (QED) is 0.452. The molecule has 1 aromatic heterocycles. The third kappa shape index (κ3) is 4.95. The summed E-state index contributed by atoms with van der Waals surface area (Å²) in [5.74, 6) is 0.0501. The molecule has 150 valence electrons. The molecule has 1 amide bonds. The van der Waals surface area contributed by atoms with Crippen molar-refractivity contribution >= 4 is 39.8 Å². The standard InChI is InChI=1S/C19H18ClN5O4/c1-2-24(10-17-21-15-6-4-3-5-13(15)19(27)23-17)11-18(26)22-16-9-12(25(28)29)7-8-14(16)20/h3-9H,2,10-11H2,1H3,(H,22,26)(H,21,23,27). The van der Waals surface area contributed by atoms with Gasteiger partial charge in [0.15, 0.2) is 0 Å². The molecule has 3 rings (SSSR count). The van der Waals surface area contributed by atoms with Gasteiger partial charge in [0.05, 0.1) is 39.6 Å². The number of benzene rings is 2. The molecule has 0 saturated heterocycles. The Bertz CT molecular complexity index is 1130. The number of nitrogens with one attached hydrogen (secondary N) is 2. The minimum atomic E-state index is -0.563. The molecule has 0 aliphatic carbocycles. The number of aromatic amines is 1. The summed E-state index contributed by atoms with van der Waals surface area (Å²) in [4.78, 5) is 43.9. The maximum absolute atomic E-state index is 12.4. The largest absolute Gasteiger partial charge is 0.323 e. The molecule has 1 heterocycles. The molecule has 2 aromatic carbocycles. The molecular formula is C19H18ClN5O4. The maximum Gasteiger partial charge on any atom is 0.271 e.